The van der Waals surface area contributed by atoms with Crippen LogP contribution in [0, 0.1) is 11.3 Å². The predicted octanol–water partition coefficient (Wildman–Crippen LogP) is 5.60. The van der Waals surface area contributed by atoms with Gasteiger partial charge in [0.15, 0.2) is 0 Å². The molecule has 1 spiro atoms. The maximum absolute atomic E-state index is 12.6. The molecule has 0 bridgehead atoms. The molecule has 8 heteroatoms. The summed E-state index contributed by atoms with van der Waals surface area (Å²) >= 11 is 0. The number of ether oxygens (including phenoxy) is 2. The number of piperidine rings is 1. The zero-order chi connectivity index (χ0) is 26.0. The van der Waals surface area contributed by atoms with E-state index in [-0.39, 0.29) is 11.2 Å². The summed E-state index contributed by atoms with van der Waals surface area (Å²) in [6.45, 7) is 2.90. The van der Waals surface area contributed by atoms with Gasteiger partial charge in [-0.25, -0.2) is 0 Å². The monoisotopic (exact) mass is 504 g/mol. The molecule has 2 aliphatic heterocycles. The average molecular weight is 505 g/mol. The number of likely N-dealkylation sites (N-methyl/N-ethyl adjacent to an activating group) is 1. The number of alkyl halides is 2. The first kappa shape index (κ1) is 25.0. The molecular weight excluding hydrogens is 474 g/mol. The Morgan fingerprint density at radius 1 is 1.11 bits per heavy atom. The van der Waals surface area contributed by atoms with Gasteiger partial charge in [-0.05, 0) is 62.7 Å². The van der Waals surface area contributed by atoms with Gasteiger partial charge in [-0.1, -0.05) is 18.2 Å². The first-order chi connectivity index (χ1) is 17.9. The zero-order valence-corrected chi connectivity index (χ0v) is 21.1. The maximum Gasteiger partial charge on any atom is 0.387 e. The molecule has 0 aliphatic carbocycles. The number of nitriles is 1. The van der Waals surface area contributed by atoms with Gasteiger partial charge in [0.05, 0.1) is 29.2 Å². The van der Waals surface area contributed by atoms with Crippen LogP contribution in [-0.2, 0) is 12.0 Å². The van der Waals surface area contributed by atoms with Gasteiger partial charge in [-0.15, -0.1) is 0 Å². The standard InChI is InChI=1S/C29H30F2N4O2/c1-3-36-27-7-5-4-6-22(27)24-10-9-23-25(33-24)18-34(2)19-29(23)12-14-35(15-13-29)26-11-8-21(37-28(30)31)16-20(26)17-32/h4-11,16,28H,3,12-15,18-19H2,1-2H3. The van der Waals surface area contributed by atoms with E-state index >= 15 is 0 Å². The molecular formula is C29H30F2N4O2. The van der Waals surface area contributed by atoms with Crippen LogP contribution in [0.5, 0.6) is 11.5 Å². The van der Waals surface area contributed by atoms with Crippen LogP contribution < -0.4 is 14.4 Å². The van der Waals surface area contributed by atoms with Crippen molar-refractivity contribution in [3.63, 3.8) is 0 Å². The van der Waals surface area contributed by atoms with Crippen LogP contribution in [0.4, 0.5) is 14.5 Å². The lowest BCUT2D eigenvalue weighted by molar-refractivity contribution is -0.0498. The number of aromatic nitrogens is 1. The number of rotatable bonds is 6. The molecule has 1 saturated heterocycles. The molecule has 0 atom stereocenters. The summed E-state index contributed by atoms with van der Waals surface area (Å²) in [7, 11) is 2.13. The third-order valence-corrected chi connectivity index (χ3v) is 7.38. The third-order valence-electron chi connectivity index (χ3n) is 7.38. The number of nitrogens with zero attached hydrogens (tertiary/aromatic N) is 4. The summed E-state index contributed by atoms with van der Waals surface area (Å²) in [5.41, 5.74) is 5.36. The second-order valence-electron chi connectivity index (χ2n) is 9.73. The largest absolute Gasteiger partial charge is 0.493 e. The molecule has 1 fully saturated rings. The highest BCUT2D eigenvalue weighted by Crippen LogP contribution is 2.43. The highest BCUT2D eigenvalue weighted by molar-refractivity contribution is 5.68. The fraction of sp³-hybridized carbons (Fsp3) is 0.379. The molecule has 0 N–H and O–H groups in total. The van der Waals surface area contributed by atoms with Crippen molar-refractivity contribution in [3.8, 4) is 28.8 Å². The molecule has 0 saturated carbocycles. The Kier molecular flexibility index (Phi) is 6.98. The van der Waals surface area contributed by atoms with Crippen LogP contribution in [0.3, 0.4) is 0 Å². The lowest BCUT2D eigenvalue weighted by atomic mass is 9.69. The normalized spacial score (nSPS) is 16.9. The minimum atomic E-state index is -2.92. The Hall–Kier alpha value is -3.70. The van der Waals surface area contributed by atoms with Gasteiger partial charge in [0, 0.05) is 43.2 Å². The summed E-state index contributed by atoms with van der Waals surface area (Å²) in [6, 6.07) is 19.1. The SMILES string of the molecule is CCOc1ccccc1-c1ccc2c(n1)CN(C)CC21CCN(c2ccc(OC(F)F)cc2C#N)CC1. The second kappa shape index (κ2) is 10.3. The van der Waals surface area contributed by atoms with Gasteiger partial charge >= 0.3 is 6.61 Å². The van der Waals surface area contributed by atoms with Crippen molar-refractivity contribution in [1.82, 2.24) is 9.88 Å². The van der Waals surface area contributed by atoms with Gasteiger partial charge in [0.1, 0.15) is 17.6 Å². The van der Waals surface area contributed by atoms with E-state index in [4.69, 9.17) is 9.72 Å². The predicted molar refractivity (Wildman–Crippen MR) is 138 cm³/mol. The van der Waals surface area contributed by atoms with Gasteiger partial charge in [0.25, 0.3) is 0 Å². The van der Waals surface area contributed by atoms with E-state index < -0.39 is 6.61 Å². The van der Waals surface area contributed by atoms with Crippen molar-refractivity contribution in [1.29, 1.82) is 5.26 Å². The van der Waals surface area contributed by atoms with E-state index in [1.807, 2.05) is 31.2 Å². The third kappa shape index (κ3) is 4.96. The molecule has 5 rings (SSSR count). The Balaban J connectivity index is 1.40. The van der Waals surface area contributed by atoms with Crippen molar-refractivity contribution in [2.24, 2.45) is 0 Å². The Bertz CT molecular complexity index is 1320. The van der Waals surface area contributed by atoms with Crippen molar-refractivity contribution < 1.29 is 18.3 Å². The van der Waals surface area contributed by atoms with Gasteiger partial charge in [-0.3, -0.25) is 9.88 Å². The molecule has 2 aliphatic rings. The van der Waals surface area contributed by atoms with Crippen LogP contribution in [0.15, 0.2) is 54.6 Å². The summed E-state index contributed by atoms with van der Waals surface area (Å²) in [4.78, 5) is 9.62. The van der Waals surface area contributed by atoms with E-state index in [1.165, 1.54) is 17.7 Å². The summed E-state index contributed by atoms with van der Waals surface area (Å²) < 4.78 is 35.5. The number of halogens is 2. The van der Waals surface area contributed by atoms with E-state index in [0.717, 1.165) is 67.4 Å². The molecule has 37 heavy (non-hydrogen) atoms. The molecule has 1 aromatic heterocycles. The fourth-order valence-corrected chi connectivity index (χ4v) is 5.79. The fourth-order valence-electron chi connectivity index (χ4n) is 5.79. The van der Waals surface area contributed by atoms with Crippen LogP contribution >= 0.6 is 0 Å². The minimum Gasteiger partial charge on any atom is -0.493 e. The Labute approximate surface area is 216 Å². The molecule has 3 heterocycles. The number of hydrogen-bond acceptors (Lipinski definition) is 6. The molecule has 6 nitrogen and oxygen atoms in total. The number of pyridine rings is 1. The van der Waals surface area contributed by atoms with Crippen LogP contribution in [0.2, 0.25) is 0 Å². The lowest BCUT2D eigenvalue weighted by Gasteiger charge is -2.48. The number of hydrogen-bond donors (Lipinski definition) is 0. The topological polar surface area (TPSA) is 61.6 Å². The minimum absolute atomic E-state index is 0.000554. The summed E-state index contributed by atoms with van der Waals surface area (Å²) in [5, 5.41) is 9.64. The lowest BCUT2D eigenvalue weighted by Crippen LogP contribution is -2.51. The van der Waals surface area contributed by atoms with Gasteiger partial charge < -0.3 is 14.4 Å². The molecule has 0 unspecified atom stereocenters. The highest BCUT2D eigenvalue weighted by Gasteiger charge is 2.42. The van der Waals surface area contributed by atoms with Gasteiger partial charge in [0.2, 0.25) is 0 Å². The number of anilines is 1. The first-order valence-electron chi connectivity index (χ1n) is 12.6. The van der Waals surface area contributed by atoms with Gasteiger partial charge in [-0.2, -0.15) is 14.0 Å². The van der Waals surface area contributed by atoms with Crippen molar-refractivity contribution in [2.75, 3.05) is 38.2 Å². The van der Waals surface area contributed by atoms with Crippen molar-refractivity contribution >= 4 is 5.69 Å². The summed E-state index contributed by atoms with van der Waals surface area (Å²) in [5.74, 6) is 0.835. The number of benzene rings is 2. The Morgan fingerprint density at radius 2 is 1.89 bits per heavy atom. The first-order valence-corrected chi connectivity index (χ1v) is 12.6. The quantitative estimate of drug-likeness (QED) is 0.435. The molecule has 0 radical (unpaired) electrons. The Morgan fingerprint density at radius 3 is 2.62 bits per heavy atom. The van der Waals surface area contributed by atoms with Crippen molar-refractivity contribution in [2.45, 2.75) is 38.3 Å². The molecule has 2 aromatic carbocycles. The van der Waals surface area contributed by atoms with E-state index in [1.54, 1.807) is 6.07 Å². The number of para-hydroxylation sites is 1. The van der Waals surface area contributed by atoms with E-state index in [2.05, 4.69) is 39.8 Å². The molecule has 0 amide bonds. The second-order valence-corrected chi connectivity index (χ2v) is 9.73. The smallest absolute Gasteiger partial charge is 0.387 e. The highest BCUT2D eigenvalue weighted by atomic mass is 19.3. The maximum atomic E-state index is 12.6. The van der Waals surface area contributed by atoms with Crippen LogP contribution in [-0.4, -0.2) is 49.8 Å². The molecule has 3 aromatic rings. The van der Waals surface area contributed by atoms with Crippen LogP contribution in [0.1, 0.15) is 36.6 Å². The zero-order valence-electron chi connectivity index (χ0n) is 21.1. The van der Waals surface area contributed by atoms with E-state index in [9.17, 15) is 14.0 Å². The average Bonchev–Trinajstić information content (AvgIpc) is 2.89. The van der Waals surface area contributed by atoms with Crippen molar-refractivity contribution in [3.05, 3.63) is 71.4 Å². The van der Waals surface area contributed by atoms with E-state index in [0.29, 0.717) is 12.2 Å². The number of fused-ring (bicyclic) bond motifs is 2. The summed E-state index contributed by atoms with van der Waals surface area (Å²) in [6.07, 6.45) is 1.81. The van der Waals surface area contributed by atoms with Crippen LogP contribution in [0.25, 0.3) is 11.3 Å². The molecule has 192 valence electrons.